The van der Waals surface area contributed by atoms with Crippen molar-refractivity contribution >= 4 is 5.84 Å². The summed E-state index contributed by atoms with van der Waals surface area (Å²) in [5.41, 5.74) is 12.7. The molecule has 0 aromatic carbocycles. The third kappa shape index (κ3) is 2.32. The van der Waals surface area contributed by atoms with Crippen molar-refractivity contribution in [3.05, 3.63) is 42.4 Å². The molecule has 2 heterocycles. The largest absolute Gasteiger partial charge is 0.384 e. The number of rotatable bonds is 2. The molecule has 15 heavy (non-hydrogen) atoms. The van der Waals surface area contributed by atoms with Crippen LogP contribution in [-0.2, 0) is 6.42 Å². The Morgan fingerprint density at radius 3 is 2.73 bits per heavy atom. The molecule has 5 N–H and O–H groups in total. The minimum atomic E-state index is -0.847. The Labute approximate surface area is 87.9 Å². The summed E-state index contributed by atoms with van der Waals surface area (Å²) < 4.78 is 0. The highest BCUT2D eigenvalue weighted by Gasteiger charge is 2.24. The van der Waals surface area contributed by atoms with Crippen LogP contribution < -0.4 is 16.8 Å². The highest BCUT2D eigenvalue weighted by atomic mass is 15.3. The summed E-state index contributed by atoms with van der Waals surface area (Å²) in [7, 11) is 0. The Kier molecular flexibility index (Phi) is 2.39. The second kappa shape index (κ2) is 3.70. The van der Waals surface area contributed by atoms with Crippen LogP contribution in [-0.4, -0.2) is 16.6 Å². The Bertz CT molecular complexity index is 398. The predicted molar refractivity (Wildman–Crippen MR) is 58.8 cm³/mol. The summed E-state index contributed by atoms with van der Waals surface area (Å²) in [5, 5.41) is 2.98. The first-order valence-electron chi connectivity index (χ1n) is 4.65. The van der Waals surface area contributed by atoms with E-state index in [1.54, 1.807) is 24.7 Å². The van der Waals surface area contributed by atoms with Gasteiger partial charge in [-0.3, -0.25) is 10.7 Å². The van der Waals surface area contributed by atoms with Gasteiger partial charge in [-0.25, -0.2) is 4.99 Å². The van der Waals surface area contributed by atoms with E-state index in [9.17, 15) is 0 Å². The average molecular weight is 203 g/mol. The van der Waals surface area contributed by atoms with E-state index in [-0.39, 0.29) is 0 Å². The van der Waals surface area contributed by atoms with E-state index >= 15 is 0 Å². The molecule has 0 saturated heterocycles. The van der Waals surface area contributed by atoms with Crippen molar-refractivity contribution in [2.24, 2.45) is 16.5 Å². The highest BCUT2D eigenvalue weighted by molar-refractivity contribution is 5.92. The van der Waals surface area contributed by atoms with E-state index in [1.807, 2.05) is 12.1 Å². The standard InChI is InChI=1S/C10H13N5/c11-9-3-6-14-10(12,15-9)7-8-1-4-13-5-2-8/h1-6,14H,7,12H2,(H2,11,15). The van der Waals surface area contributed by atoms with Gasteiger partial charge in [-0.2, -0.15) is 0 Å². The molecule has 1 aliphatic rings. The quantitative estimate of drug-likeness (QED) is 0.616. The van der Waals surface area contributed by atoms with Crippen molar-refractivity contribution < 1.29 is 0 Å². The van der Waals surface area contributed by atoms with Crippen molar-refractivity contribution in [1.29, 1.82) is 0 Å². The summed E-state index contributed by atoms with van der Waals surface area (Å²) in [6.07, 6.45) is 7.41. The lowest BCUT2D eigenvalue weighted by Crippen LogP contribution is -2.54. The Hall–Kier alpha value is -1.88. The summed E-state index contributed by atoms with van der Waals surface area (Å²) in [6, 6.07) is 3.81. The molecular formula is C10H13N5. The fraction of sp³-hybridized carbons (Fsp3) is 0.200. The van der Waals surface area contributed by atoms with Crippen molar-refractivity contribution in [3.8, 4) is 0 Å². The molecule has 1 aromatic heterocycles. The number of nitrogens with two attached hydrogens (primary N) is 2. The number of hydrogen-bond acceptors (Lipinski definition) is 5. The van der Waals surface area contributed by atoms with Crippen LogP contribution in [0.5, 0.6) is 0 Å². The third-order valence-electron chi connectivity index (χ3n) is 2.14. The van der Waals surface area contributed by atoms with E-state index in [4.69, 9.17) is 11.5 Å². The molecule has 1 aliphatic heterocycles. The number of amidine groups is 1. The average Bonchev–Trinajstić information content (AvgIpc) is 2.18. The van der Waals surface area contributed by atoms with Crippen LogP contribution in [0.1, 0.15) is 5.56 Å². The number of pyridine rings is 1. The minimum Gasteiger partial charge on any atom is -0.384 e. The molecule has 5 nitrogen and oxygen atoms in total. The van der Waals surface area contributed by atoms with Crippen molar-refractivity contribution in [1.82, 2.24) is 10.3 Å². The zero-order chi connectivity index (χ0) is 10.7. The lowest BCUT2D eigenvalue weighted by atomic mass is 10.1. The van der Waals surface area contributed by atoms with Gasteiger partial charge in [0.1, 0.15) is 5.84 Å². The molecular weight excluding hydrogens is 190 g/mol. The Morgan fingerprint density at radius 1 is 1.33 bits per heavy atom. The molecule has 0 saturated carbocycles. The molecule has 0 bridgehead atoms. The van der Waals surface area contributed by atoms with Crippen LogP contribution in [0.3, 0.4) is 0 Å². The zero-order valence-corrected chi connectivity index (χ0v) is 8.22. The second-order valence-corrected chi connectivity index (χ2v) is 3.47. The monoisotopic (exact) mass is 203 g/mol. The molecule has 0 amide bonds. The maximum Gasteiger partial charge on any atom is 0.188 e. The van der Waals surface area contributed by atoms with Gasteiger partial charge >= 0.3 is 0 Å². The number of nitrogens with zero attached hydrogens (tertiary/aromatic N) is 2. The fourth-order valence-corrected chi connectivity index (χ4v) is 1.47. The Balaban J connectivity index is 2.16. The van der Waals surface area contributed by atoms with Gasteiger partial charge in [0.25, 0.3) is 0 Å². The van der Waals surface area contributed by atoms with Crippen molar-refractivity contribution in [3.63, 3.8) is 0 Å². The van der Waals surface area contributed by atoms with Crippen LogP contribution in [0.25, 0.3) is 0 Å². The molecule has 2 rings (SSSR count). The van der Waals surface area contributed by atoms with Crippen LogP contribution in [0, 0.1) is 0 Å². The van der Waals surface area contributed by atoms with E-state index in [0.29, 0.717) is 12.3 Å². The topological polar surface area (TPSA) is 89.3 Å². The number of hydrogen-bond donors (Lipinski definition) is 3. The van der Waals surface area contributed by atoms with Gasteiger partial charge < -0.3 is 11.1 Å². The number of aromatic nitrogens is 1. The van der Waals surface area contributed by atoms with E-state index in [1.165, 1.54) is 0 Å². The number of aliphatic imine (C=N–C) groups is 1. The summed E-state index contributed by atoms with van der Waals surface area (Å²) in [6.45, 7) is 0. The third-order valence-corrected chi connectivity index (χ3v) is 2.14. The highest BCUT2D eigenvalue weighted by Crippen LogP contribution is 2.11. The number of nitrogens with one attached hydrogen (secondary N) is 1. The lowest BCUT2D eigenvalue weighted by molar-refractivity contribution is 0.390. The molecule has 1 aromatic rings. The SMILES string of the molecule is NC1=NC(N)(Cc2ccncc2)NC=C1. The van der Waals surface area contributed by atoms with Crippen LogP contribution >= 0.6 is 0 Å². The minimum absolute atomic E-state index is 0.435. The first-order valence-corrected chi connectivity index (χ1v) is 4.65. The molecule has 0 radical (unpaired) electrons. The molecule has 78 valence electrons. The summed E-state index contributed by atoms with van der Waals surface area (Å²) in [5.74, 6) is -0.412. The molecule has 0 aliphatic carbocycles. The van der Waals surface area contributed by atoms with Gasteiger partial charge in [-0.15, -0.1) is 0 Å². The van der Waals surface area contributed by atoms with E-state index < -0.39 is 5.79 Å². The first-order chi connectivity index (χ1) is 7.18. The van der Waals surface area contributed by atoms with Crippen LogP contribution in [0.4, 0.5) is 0 Å². The van der Waals surface area contributed by atoms with Crippen LogP contribution in [0.2, 0.25) is 0 Å². The summed E-state index contributed by atoms with van der Waals surface area (Å²) in [4.78, 5) is 8.10. The maximum atomic E-state index is 6.03. The first kappa shape index (κ1) is 9.67. The van der Waals surface area contributed by atoms with Gasteiger partial charge in [0.15, 0.2) is 5.79 Å². The molecule has 0 fully saturated rings. The summed E-state index contributed by atoms with van der Waals surface area (Å²) >= 11 is 0. The molecule has 5 heteroatoms. The van der Waals surface area contributed by atoms with Gasteiger partial charge in [-0.05, 0) is 23.8 Å². The smallest absolute Gasteiger partial charge is 0.188 e. The van der Waals surface area contributed by atoms with Gasteiger partial charge in [0.2, 0.25) is 0 Å². The zero-order valence-electron chi connectivity index (χ0n) is 8.22. The van der Waals surface area contributed by atoms with Gasteiger partial charge in [0.05, 0.1) is 0 Å². The van der Waals surface area contributed by atoms with Crippen molar-refractivity contribution in [2.45, 2.75) is 12.2 Å². The van der Waals surface area contributed by atoms with E-state index in [0.717, 1.165) is 5.56 Å². The van der Waals surface area contributed by atoms with E-state index in [2.05, 4.69) is 15.3 Å². The second-order valence-electron chi connectivity index (χ2n) is 3.47. The molecule has 1 unspecified atom stereocenters. The fourth-order valence-electron chi connectivity index (χ4n) is 1.47. The molecule has 1 atom stereocenters. The predicted octanol–water partition coefficient (Wildman–Crippen LogP) is -0.289. The Morgan fingerprint density at radius 2 is 2.07 bits per heavy atom. The lowest BCUT2D eigenvalue weighted by Gasteiger charge is -2.28. The molecule has 0 spiro atoms. The van der Waals surface area contributed by atoms with Crippen molar-refractivity contribution in [2.75, 3.05) is 0 Å². The maximum absolute atomic E-state index is 6.03. The van der Waals surface area contributed by atoms with Gasteiger partial charge in [0, 0.05) is 25.0 Å². The van der Waals surface area contributed by atoms with Crippen LogP contribution in [0.15, 0.2) is 41.8 Å². The normalized spacial score (nSPS) is 24.5. The van der Waals surface area contributed by atoms with Gasteiger partial charge in [-0.1, -0.05) is 0 Å².